The number of fused-ring (bicyclic) bond motifs is 1. The van der Waals surface area contributed by atoms with Crippen molar-refractivity contribution in [1.82, 2.24) is 0 Å². The first-order chi connectivity index (χ1) is 12.3. The fourth-order valence-corrected chi connectivity index (χ4v) is 4.18. The molecule has 1 amide bonds. The fraction of sp³-hybridized carbons (Fsp3) is 0.316. The number of carbonyl (C=O) groups is 1. The molecule has 1 N–H and O–H groups in total. The van der Waals surface area contributed by atoms with Crippen molar-refractivity contribution in [3.63, 3.8) is 0 Å². The Hall–Kier alpha value is -2.05. The molecule has 0 saturated carbocycles. The zero-order chi connectivity index (χ0) is 18.7. The van der Waals surface area contributed by atoms with Crippen molar-refractivity contribution in [2.24, 2.45) is 0 Å². The summed E-state index contributed by atoms with van der Waals surface area (Å²) in [6, 6.07) is 13.0. The summed E-state index contributed by atoms with van der Waals surface area (Å²) < 4.78 is 25.1. The van der Waals surface area contributed by atoms with E-state index < -0.39 is 10.0 Å². The fourth-order valence-electron chi connectivity index (χ4n) is 3.10. The molecule has 0 unspecified atom stereocenters. The van der Waals surface area contributed by atoms with Crippen LogP contribution in [0.4, 0.5) is 11.4 Å². The minimum Gasteiger partial charge on any atom is -0.326 e. The number of sulfonamides is 1. The first-order valence-corrected chi connectivity index (χ1v) is 10.7. The maximum Gasteiger partial charge on any atom is 0.232 e. The Morgan fingerprint density at radius 2 is 1.92 bits per heavy atom. The van der Waals surface area contributed by atoms with E-state index in [1.165, 1.54) is 10.6 Å². The second-order valence-corrected chi connectivity index (χ2v) is 8.80. The Bertz CT molecular complexity index is 911. The molecule has 0 aromatic heterocycles. The van der Waals surface area contributed by atoms with Gasteiger partial charge in [0, 0.05) is 23.7 Å². The van der Waals surface area contributed by atoms with Crippen molar-refractivity contribution in [3.05, 3.63) is 58.6 Å². The summed E-state index contributed by atoms with van der Waals surface area (Å²) >= 11 is 5.86. The van der Waals surface area contributed by atoms with Crippen LogP contribution in [0.2, 0.25) is 5.02 Å². The van der Waals surface area contributed by atoms with Crippen molar-refractivity contribution in [1.29, 1.82) is 0 Å². The molecular formula is C19H21ClN2O3S. The van der Waals surface area contributed by atoms with Crippen LogP contribution in [-0.2, 0) is 27.7 Å². The Kier molecular flexibility index (Phi) is 5.53. The van der Waals surface area contributed by atoms with Gasteiger partial charge in [-0.05, 0) is 54.7 Å². The highest BCUT2D eigenvalue weighted by atomic mass is 35.5. The molecule has 3 rings (SSSR count). The molecule has 0 spiro atoms. The molecule has 0 saturated heterocycles. The summed E-state index contributed by atoms with van der Waals surface area (Å²) in [6.45, 7) is 0.451. The van der Waals surface area contributed by atoms with Crippen LogP contribution in [0.25, 0.3) is 0 Å². The maximum atomic E-state index is 12.2. The molecule has 0 fully saturated rings. The highest BCUT2D eigenvalue weighted by Gasteiger charge is 2.26. The van der Waals surface area contributed by atoms with E-state index >= 15 is 0 Å². The number of rotatable bonds is 6. The summed E-state index contributed by atoms with van der Waals surface area (Å²) in [6.07, 6.45) is 3.82. The smallest absolute Gasteiger partial charge is 0.232 e. The van der Waals surface area contributed by atoms with Crippen molar-refractivity contribution >= 4 is 38.9 Å². The van der Waals surface area contributed by atoms with Crippen molar-refractivity contribution in [2.45, 2.75) is 25.7 Å². The zero-order valence-electron chi connectivity index (χ0n) is 14.5. The average molecular weight is 393 g/mol. The first kappa shape index (κ1) is 18.7. The van der Waals surface area contributed by atoms with Crippen molar-refractivity contribution in [2.75, 3.05) is 22.4 Å². The third kappa shape index (κ3) is 4.56. The van der Waals surface area contributed by atoms with E-state index in [9.17, 15) is 13.2 Å². The summed E-state index contributed by atoms with van der Waals surface area (Å²) in [5.74, 6) is -0.0807. The van der Waals surface area contributed by atoms with E-state index in [4.69, 9.17) is 11.6 Å². The van der Waals surface area contributed by atoms with Crippen LogP contribution < -0.4 is 9.62 Å². The van der Waals surface area contributed by atoms with Gasteiger partial charge in [0.1, 0.15) is 0 Å². The summed E-state index contributed by atoms with van der Waals surface area (Å²) in [4.78, 5) is 12.2. The van der Waals surface area contributed by atoms with Gasteiger partial charge in [0.25, 0.3) is 0 Å². The minimum absolute atomic E-state index is 0.0807. The topological polar surface area (TPSA) is 66.5 Å². The number of anilines is 2. The largest absolute Gasteiger partial charge is 0.326 e. The number of hydrogen-bond donors (Lipinski definition) is 1. The lowest BCUT2D eigenvalue weighted by atomic mass is 10.1. The number of halogens is 1. The molecule has 2 aromatic carbocycles. The first-order valence-electron chi connectivity index (χ1n) is 8.48. The predicted octanol–water partition coefficient (Wildman–Crippen LogP) is 3.62. The third-order valence-corrected chi connectivity index (χ3v) is 5.84. The number of hydrogen-bond acceptors (Lipinski definition) is 3. The summed E-state index contributed by atoms with van der Waals surface area (Å²) in [7, 11) is -3.30. The highest BCUT2D eigenvalue weighted by molar-refractivity contribution is 7.92. The minimum atomic E-state index is -3.30. The number of carbonyl (C=O) groups excluding carboxylic acids is 1. The van der Waals surface area contributed by atoms with Crippen LogP contribution in [0, 0.1) is 0 Å². The van der Waals surface area contributed by atoms with Gasteiger partial charge in [-0.1, -0.05) is 29.8 Å². The van der Waals surface area contributed by atoms with Crippen LogP contribution in [0.1, 0.15) is 24.0 Å². The zero-order valence-corrected chi connectivity index (χ0v) is 16.1. The standard InChI is InChI=1S/C19H21ClN2O3S/c1-26(24,25)22-12-11-15-7-10-17(13-18(15)22)21-19(23)4-2-3-14-5-8-16(20)9-6-14/h5-10,13H,2-4,11-12H2,1H3,(H,21,23). The number of nitrogens with one attached hydrogen (secondary N) is 1. The molecule has 0 aliphatic carbocycles. The Balaban J connectivity index is 1.57. The maximum absolute atomic E-state index is 12.2. The number of benzene rings is 2. The van der Waals surface area contributed by atoms with Gasteiger partial charge in [0.05, 0.1) is 11.9 Å². The van der Waals surface area contributed by atoms with Gasteiger partial charge in [-0.3, -0.25) is 9.10 Å². The van der Waals surface area contributed by atoms with Crippen LogP contribution in [0.15, 0.2) is 42.5 Å². The van der Waals surface area contributed by atoms with Crippen LogP contribution in [0.5, 0.6) is 0 Å². The average Bonchev–Trinajstić information content (AvgIpc) is 3.00. The van der Waals surface area contributed by atoms with Gasteiger partial charge in [0.15, 0.2) is 0 Å². The monoisotopic (exact) mass is 392 g/mol. The van der Waals surface area contributed by atoms with Crippen LogP contribution >= 0.6 is 11.6 Å². The summed E-state index contributed by atoms with van der Waals surface area (Å²) in [5.41, 5.74) is 3.40. The quantitative estimate of drug-likeness (QED) is 0.816. The van der Waals surface area contributed by atoms with Gasteiger partial charge >= 0.3 is 0 Å². The normalized spacial score (nSPS) is 13.5. The molecule has 0 bridgehead atoms. The van der Waals surface area contributed by atoms with Crippen molar-refractivity contribution < 1.29 is 13.2 Å². The Labute approximate surface area is 159 Å². The second-order valence-electron chi connectivity index (χ2n) is 6.46. The van der Waals surface area contributed by atoms with Crippen molar-refractivity contribution in [3.8, 4) is 0 Å². The number of amides is 1. The van der Waals surface area contributed by atoms with E-state index in [1.807, 2.05) is 36.4 Å². The molecule has 7 heteroatoms. The van der Waals surface area contributed by atoms with E-state index in [1.54, 1.807) is 6.07 Å². The molecule has 5 nitrogen and oxygen atoms in total. The van der Waals surface area contributed by atoms with E-state index in [0.29, 0.717) is 35.8 Å². The molecule has 0 radical (unpaired) electrons. The van der Waals surface area contributed by atoms with Gasteiger partial charge in [-0.2, -0.15) is 0 Å². The Morgan fingerprint density at radius 1 is 1.19 bits per heavy atom. The molecule has 26 heavy (non-hydrogen) atoms. The van der Waals surface area contributed by atoms with E-state index in [2.05, 4.69) is 5.32 Å². The molecular weight excluding hydrogens is 372 g/mol. The second kappa shape index (κ2) is 7.68. The van der Waals surface area contributed by atoms with Gasteiger partial charge in [-0.15, -0.1) is 0 Å². The van der Waals surface area contributed by atoms with Gasteiger partial charge < -0.3 is 5.32 Å². The lowest BCUT2D eigenvalue weighted by Crippen LogP contribution is -2.27. The molecule has 1 aliphatic heterocycles. The highest BCUT2D eigenvalue weighted by Crippen LogP contribution is 2.32. The predicted molar refractivity (Wildman–Crippen MR) is 105 cm³/mol. The lowest BCUT2D eigenvalue weighted by molar-refractivity contribution is -0.116. The molecule has 1 heterocycles. The molecule has 2 aromatic rings. The van der Waals surface area contributed by atoms with E-state index in [0.717, 1.165) is 24.0 Å². The number of aryl methyl sites for hydroxylation is 1. The molecule has 1 aliphatic rings. The lowest BCUT2D eigenvalue weighted by Gasteiger charge is -2.17. The number of nitrogens with zero attached hydrogens (tertiary/aromatic N) is 1. The molecule has 138 valence electrons. The van der Waals surface area contributed by atoms with E-state index in [-0.39, 0.29) is 5.91 Å². The SMILES string of the molecule is CS(=O)(=O)N1CCc2ccc(NC(=O)CCCc3ccc(Cl)cc3)cc21. The van der Waals surface area contributed by atoms with Crippen LogP contribution in [-0.4, -0.2) is 27.1 Å². The molecule has 0 atom stereocenters. The van der Waals surface area contributed by atoms with Crippen LogP contribution in [0.3, 0.4) is 0 Å². The van der Waals surface area contributed by atoms with Gasteiger partial charge in [-0.25, -0.2) is 8.42 Å². The van der Waals surface area contributed by atoms with Gasteiger partial charge in [0.2, 0.25) is 15.9 Å². The Morgan fingerprint density at radius 3 is 2.62 bits per heavy atom. The summed E-state index contributed by atoms with van der Waals surface area (Å²) in [5, 5.41) is 3.56. The third-order valence-electron chi connectivity index (χ3n) is 4.40.